The first-order chi connectivity index (χ1) is 6.20. The molecule has 15 heavy (non-hydrogen) atoms. The Hall–Kier alpha value is 0.194. The predicted octanol–water partition coefficient (Wildman–Crippen LogP) is -4.41. The van der Waals surface area contributed by atoms with Gasteiger partial charge in [-0.3, -0.25) is 4.55 Å². The van der Waals surface area contributed by atoms with Crippen LogP contribution in [0.3, 0.4) is 0 Å². The molecule has 5 nitrogen and oxygen atoms in total. The van der Waals surface area contributed by atoms with E-state index in [-0.39, 0.29) is 18.9 Å². The number of carboxylic acids is 1. The van der Waals surface area contributed by atoms with Gasteiger partial charge in [0.2, 0.25) is 0 Å². The van der Waals surface area contributed by atoms with Crippen molar-refractivity contribution in [2.24, 2.45) is 5.92 Å². The molecule has 84 valence electrons. The molecule has 0 amide bonds. The molecule has 0 bridgehead atoms. The fourth-order valence-corrected chi connectivity index (χ4v) is 5.50. The zero-order chi connectivity index (χ0) is 11.6. The zero-order valence-corrected chi connectivity index (χ0v) is 11.7. The van der Waals surface area contributed by atoms with Gasteiger partial charge in [0.1, 0.15) is 4.37 Å². The summed E-state index contributed by atoms with van der Waals surface area (Å²) in [5.41, 5.74) is 0. The van der Waals surface area contributed by atoms with Crippen molar-refractivity contribution in [2.45, 2.75) is 31.2 Å². The molecule has 0 aromatic rings. The largest absolute Gasteiger partial charge is 1.00 e. The van der Waals surface area contributed by atoms with E-state index in [1.807, 2.05) is 0 Å². The Balaban J connectivity index is 0. The van der Waals surface area contributed by atoms with E-state index in [0.29, 0.717) is 6.04 Å². The van der Waals surface area contributed by atoms with Crippen LogP contribution in [-0.2, 0) is 14.9 Å². The summed E-state index contributed by atoms with van der Waals surface area (Å²) in [6.45, 7) is 4.63. The van der Waals surface area contributed by atoms with Gasteiger partial charge in [-0.15, -0.1) is 0 Å². The minimum atomic E-state index is -4.59. The van der Waals surface area contributed by atoms with Crippen molar-refractivity contribution < 1.29 is 41.7 Å². The molecule has 0 radical (unpaired) electrons. The van der Waals surface area contributed by atoms with Crippen molar-refractivity contribution in [3.63, 3.8) is 0 Å². The number of carbonyl (C=O) groups excluding carboxylic acids is 1. The third-order valence-electron chi connectivity index (χ3n) is 2.36. The van der Waals surface area contributed by atoms with Gasteiger partial charge in [0.15, 0.2) is 0 Å². The number of rotatable bonds is 5. The van der Waals surface area contributed by atoms with E-state index in [4.69, 9.17) is 4.55 Å². The Kier molecular flexibility index (Phi) is 7.10. The maximum absolute atomic E-state index is 11.1. The number of carbonyl (C=O) groups is 1. The molecule has 1 atom stereocenters. The van der Waals surface area contributed by atoms with Crippen molar-refractivity contribution in [2.75, 3.05) is 0 Å². The van der Waals surface area contributed by atoms with E-state index in [1.54, 1.807) is 6.92 Å². The molecule has 0 saturated heterocycles. The first kappa shape index (κ1) is 17.6. The quantitative estimate of drug-likeness (QED) is 0.390. The summed E-state index contributed by atoms with van der Waals surface area (Å²) in [6, 6.07) is 0.478. The molecule has 0 rings (SSSR count). The van der Waals surface area contributed by atoms with E-state index in [0.717, 1.165) is 0 Å². The Morgan fingerprint density at radius 2 is 1.93 bits per heavy atom. The molecular weight excluding hydrogens is 231 g/mol. The molecule has 0 aliphatic rings. The summed E-state index contributed by atoms with van der Waals surface area (Å²) < 4.78 is 29.1. The van der Waals surface area contributed by atoms with Crippen LogP contribution in [0.5, 0.6) is 0 Å². The molecule has 0 aliphatic carbocycles. The first-order valence-electron chi connectivity index (χ1n) is 4.38. The van der Waals surface area contributed by atoms with Crippen LogP contribution < -0.4 is 24.0 Å². The van der Waals surface area contributed by atoms with Crippen LogP contribution in [0.4, 0.5) is 0 Å². The van der Waals surface area contributed by atoms with Crippen molar-refractivity contribution in [3.8, 4) is 0 Å². The van der Waals surface area contributed by atoms with Gasteiger partial charge in [-0.2, -0.15) is 8.42 Å². The molecule has 0 aliphatic heterocycles. The maximum atomic E-state index is 11.1. The number of aliphatic carboxylic acids is 1. The molecule has 0 spiro atoms. The average Bonchev–Trinajstić information content (AvgIpc) is 1.95. The van der Waals surface area contributed by atoms with Crippen LogP contribution in [-0.4, -0.2) is 32.8 Å². The van der Waals surface area contributed by atoms with E-state index in [9.17, 15) is 18.3 Å². The third-order valence-corrected chi connectivity index (χ3v) is 7.97. The Labute approximate surface area is 104 Å². The summed E-state index contributed by atoms with van der Waals surface area (Å²) in [5.74, 6) is -2.35. The molecule has 8 heteroatoms. The predicted molar refractivity (Wildman–Crippen MR) is 53.1 cm³/mol. The number of carboxylic acid groups (broad SMARTS) is 1. The first-order valence-corrected chi connectivity index (χ1v) is 7.53. The minimum absolute atomic E-state index is 0. The van der Waals surface area contributed by atoms with Gasteiger partial charge in [0.05, 0.1) is 15.5 Å². The fraction of sp³-hybridized carbons (Fsp3) is 0.857. The van der Waals surface area contributed by atoms with Gasteiger partial charge in [-0.1, -0.05) is 26.8 Å². The molecule has 1 N–H and O–H groups in total. The Morgan fingerprint density at radius 3 is 2.00 bits per heavy atom. The van der Waals surface area contributed by atoms with Crippen molar-refractivity contribution in [1.29, 1.82) is 0 Å². The number of hydrogen-bond acceptors (Lipinski definition) is 4. The van der Waals surface area contributed by atoms with Gasteiger partial charge in [-0.25, -0.2) is 0 Å². The van der Waals surface area contributed by atoms with Gasteiger partial charge in [-0.05, 0) is 5.92 Å². The summed E-state index contributed by atoms with van der Waals surface area (Å²) in [7, 11) is -6.06. The van der Waals surface area contributed by atoms with Gasteiger partial charge >= 0.3 is 18.9 Å². The Morgan fingerprint density at radius 1 is 1.53 bits per heavy atom. The van der Waals surface area contributed by atoms with E-state index < -0.39 is 35.9 Å². The standard InChI is InChI=1S/C7H16O5SSi.Li/c1-4-14-7(5(2)3,6(8)9)13(10,11)12;/h5H,4,14H2,1-3H3,(H,8,9)(H,10,11,12);/q;+1/p-1. The second kappa shape index (κ2) is 6.06. The molecular formula is C7H15LiO5SSi. The minimum Gasteiger partial charge on any atom is -0.549 e. The monoisotopic (exact) mass is 246 g/mol. The molecule has 0 saturated carbocycles. The van der Waals surface area contributed by atoms with Crippen molar-refractivity contribution >= 4 is 25.6 Å². The molecule has 1 unspecified atom stereocenters. The summed E-state index contributed by atoms with van der Waals surface area (Å²) in [4.78, 5) is 10.9. The van der Waals surface area contributed by atoms with E-state index in [1.165, 1.54) is 13.8 Å². The van der Waals surface area contributed by atoms with E-state index >= 15 is 0 Å². The smallest absolute Gasteiger partial charge is 0.549 e. The van der Waals surface area contributed by atoms with Crippen LogP contribution in [0.25, 0.3) is 0 Å². The van der Waals surface area contributed by atoms with Gasteiger partial charge in [0, 0.05) is 0 Å². The molecule has 0 fully saturated rings. The van der Waals surface area contributed by atoms with Crippen molar-refractivity contribution in [1.82, 2.24) is 0 Å². The molecule has 0 aromatic carbocycles. The Bertz CT molecular complexity index is 315. The van der Waals surface area contributed by atoms with Crippen LogP contribution in [0, 0.1) is 5.92 Å². The second-order valence-electron chi connectivity index (χ2n) is 3.56. The average molecular weight is 246 g/mol. The van der Waals surface area contributed by atoms with Crippen LogP contribution in [0.1, 0.15) is 20.8 Å². The molecule has 0 heterocycles. The van der Waals surface area contributed by atoms with Gasteiger partial charge in [0.25, 0.3) is 10.1 Å². The van der Waals surface area contributed by atoms with Crippen LogP contribution in [0.2, 0.25) is 6.04 Å². The van der Waals surface area contributed by atoms with Crippen LogP contribution in [0.15, 0.2) is 0 Å². The topological polar surface area (TPSA) is 94.5 Å². The summed E-state index contributed by atoms with van der Waals surface area (Å²) in [6.07, 6.45) is 0. The van der Waals surface area contributed by atoms with Crippen molar-refractivity contribution in [3.05, 3.63) is 0 Å². The normalized spacial score (nSPS) is 16.3. The summed E-state index contributed by atoms with van der Waals surface area (Å²) in [5, 5.41) is 10.9. The second-order valence-corrected chi connectivity index (χ2v) is 8.36. The maximum Gasteiger partial charge on any atom is 1.00 e. The van der Waals surface area contributed by atoms with Gasteiger partial charge < -0.3 is 9.90 Å². The molecule has 0 aromatic heterocycles. The van der Waals surface area contributed by atoms with E-state index in [2.05, 4.69) is 0 Å². The number of hydrogen-bond donors (Lipinski definition) is 1. The van der Waals surface area contributed by atoms with Crippen LogP contribution >= 0.6 is 0 Å². The zero-order valence-electron chi connectivity index (χ0n) is 9.48. The third kappa shape index (κ3) is 3.33. The SMILES string of the molecule is CC[SiH2]C(C(=O)[O-])(C(C)C)S(=O)(=O)O.[Li+]. The summed E-state index contributed by atoms with van der Waals surface area (Å²) >= 11 is 0. The fourth-order valence-electron chi connectivity index (χ4n) is 1.53.